The molecule has 0 unspecified atom stereocenters. The molecule has 0 N–H and O–H groups in total. The summed E-state index contributed by atoms with van der Waals surface area (Å²) in [4.78, 5) is 0. The van der Waals surface area contributed by atoms with Crippen molar-refractivity contribution in [2.45, 2.75) is 47.0 Å². The maximum atomic E-state index is 3.67. The van der Waals surface area contributed by atoms with Crippen LogP contribution in [0.25, 0.3) is 0 Å². The SMILES string of the molecule is C=CCC/C(C)=C\CC.CC. The van der Waals surface area contributed by atoms with Crippen LogP contribution in [0.15, 0.2) is 24.3 Å². The highest BCUT2D eigenvalue weighted by Gasteiger charge is 1.83. The topological polar surface area (TPSA) is 0 Å². The Morgan fingerprint density at radius 1 is 1.36 bits per heavy atom. The summed E-state index contributed by atoms with van der Waals surface area (Å²) in [5, 5.41) is 0. The molecule has 0 radical (unpaired) electrons. The smallest absolute Gasteiger partial charge is 0.0288 e. The predicted octanol–water partition coefficient (Wildman–Crippen LogP) is 4.34. The van der Waals surface area contributed by atoms with Gasteiger partial charge in [0, 0.05) is 0 Å². The molecular weight excluding hydrogens is 132 g/mol. The van der Waals surface area contributed by atoms with E-state index in [1.165, 1.54) is 12.0 Å². The highest BCUT2D eigenvalue weighted by molar-refractivity contribution is 4.98. The molecular formula is C11H22. The Kier molecular flexibility index (Phi) is 14.5. The van der Waals surface area contributed by atoms with Crippen LogP contribution < -0.4 is 0 Å². The van der Waals surface area contributed by atoms with Crippen molar-refractivity contribution in [1.82, 2.24) is 0 Å². The average molecular weight is 154 g/mol. The molecule has 0 nitrogen and oxygen atoms in total. The minimum atomic E-state index is 1.11. The third kappa shape index (κ3) is 12.6. The second-order valence-electron chi connectivity index (χ2n) is 2.29. The third-order valence-electron chi connectivity index (χ3n) is 1.30. The Balaban J connectivity index is 0. The molecule has 0 amide bonds. The molecule has 0 bridgehead atoms. The number of allylic oxidation sites excluding steroid dienone is 3. The van der Waals surface area contributed by atoms with Crippen LogP contribution in [0.4, 0.5) is 0 Å². The Labute approximate surface area is 72.0 Å². The largest absolute Gasteiger partial charge is 0.103 e. The highest BCUT2D eigenvalue weighted by atomic mass is 13.9. The summed E-state index contributed by atoms with van der Waals surface area (Å²) in [7, 11) is 0. The normalized spacial score (nSPS) is 10.0. The fraction of sp³-hybridized carbons (Fsp3) is 0.636. The Bertz CT molecular complexity index is 98.6. The summed E-state index contributed by atoms with van der Waals surface area (Å²) in [5.74, 6) is 0. The molecule has 0 atom stereocenters. The molecule has 0 aromatic rings. The van der Waals surface area contributed by atoms with Crippen molar-refractivity contribution in [2.24, 2.45) is 0 Å². The molecule has 0 aliphatic heterocycles. The maximum Gasteiger partial charge on any atom is -0.0288 e. The van der Waals surface area contributed by atoms with E-state index in [9.17, 15) is 0 Å². The van der Waals surface area contributed by atoms with Crippen LogP contribution in [0, 0.1) is 0 Å². The molecule has 0 heteroatoms. The first-order valence-electron chi connectivity index (χ1n) is 4.57. The second-order valence-corrected chi connectivity index (χ2v) is 2.29. The van der Waals surface area contributed by atoms with E-state index < -0.39 is 0 Å². The lowest BCUT2D eigenvalue weighted by atomic mass is 10.1. The molecule has 0 aromatic carbocycles. The first kappa shape index (κ1) is 13.1. The fourth-order valence-corrected chi connectivity index (χ4v) is 0.780. The van der Waals surface area contributed by atoms with Crippen LogP contribution in [-0.4, -0.2) is 0 Å². The summed E-state index contributed by atoms with van der Waals surface area (Å²) < 4.78 is 0. The third-order valence-corrected chi connectivity index (χ3v) is 1.30. The van der Waals surface area contributed by atoms with Gasteiger partial charge in [-0.05, 0) is 26.2 Å². The van der Waals surface area contributed by atoms with Gasteiger partial charge in [0.15, 0.2) is 0 Å². The van der Waals surface area contributed by atoms with E-state index in [1.807, 2.05) is 19.9 Å². The first-order valence-corrected chi connectivity index (χ1v) is 4.57. The second kappa shape index (κ2) is 12.2. The van der Waals surface area contributed by atoms with Crippen LogP contribution >= 0.6 is 0 Å². The monoisotopic (exact) mass is 154 g/mol. The fourth-order valence-electron chi connectivity index (χ4n) is 0.780. The van der Waals surface area contributed by atoms with Crippen LogP contribution in [-0.2, 0) is 0 Å². The van der Waals surface area contributed by atoms with Crippen LogP contribution in [0.1, 0.15) is 47.0 Å². The van der Waals surface area contributed by atoms with E-state index in [4.69, 9.17) is 0 Å². The molecule has 0 heterocycles. The summed E-state index contributed by atoms with van der Waals surface area (Å²) in [6, 6.07) is 0. The van der Waals surface area contributed by atoms with Crippen molar-refractivity contribution in [1.29, 1.82) is 0 Å². The molecule has 0 fully saturated rings. The van der Waals surface area contributed by atoms with E-state index in [0.29, 0.717) is 0 Å². The molecule has 0 aromatic heterocycles. The van der Waals surface area contributed by atoms with Gasteiger partial charge in [-0.2, -0.15) is 0 Å². The standard InChI is InChI=1S/C9H16.C2H6/c1-4-6-8-9(3)7-5-2;1-2/h4,7H,1,5-6,8H2,2-3H3;1-2H3/b9-7-;. The summed E-state index contributed by atoms with van der Waals surface area (Å²) in [6.45, 7) is 12.0. The van der Waals surface area contributed by atoms with Gasteiger partial charge in [0.25, 0.3) is 0 Å². The average Bonchev–Trinajstić information content (AvgIpc) is 2.05. The van der Waals surface area contributed by atoms with Gasteiger partial charge in [0.1, 0.15) is 0 Å². The van der Waals surface area contributed by atoms with E-state index in [0.717, 1.165) is 12.8 Å². The van der Waals surface area contributed by atoms with E-state index in [2.05, 4.69) is 26.5 Å². The lowest BCUT2D eigenvalue weighted by molar-refractivity contribution is 0.963. The van der Waals surface area contributed by atoms with Crippen molar-refractivity contribution < 1.29 is 0 Å². The van der Waals surface area contributed by atoms with Crippen molar-refractivity contribution in [2.75, 3.05) is 0 Å². The van der Waals surface area contributed by atoms with Crippen molar-refractivity contribution in [3.05, 3.63) is 24.3 Å². The Morgan fingerprint density at radius 2 is 1.91 bits per heavy atom. The molecule has 0 aliphatic carbocycles. The van der Waals surface area contributed by atoms with Gasteiger partial charge in [-0.15, -0.1) is 6.58 Å². The zero-order chi connectivity index (χ0) is 9.11. The van der Waals surface area contributed by atoms with Gasteiger partial charge in [0.05, 0.1) is 0 Å². The maximum absolute atomic E-state index is 3.67. The minimum absolute atomic E-state index is 1.11. The van der Waals surface area contributed by atoms with Gasteiger partial charge >= 0.3 is 0 Å². The number of rotatable bonds is 4. The zero-order valence-electron chi connectivity index (χ0n) is 8.48. The van der Waals surface area contributed by atoms with E-state index in [1.54, 1.807) is 0 Å². The zero-order valence-corrected chi connectivity index (χ0v) is 8.48. The molecule has 11 heavy (non-hydrogen) atoms. The molecule has 0 saturated heterocycles. The van der Waals surface area contributed by atoms with Gasteiger partial charge < -0.3 is 0 Å². The molecule has 0 saturated carbocycles. The number of hydrogen-bond acceptors (Lipinski definition) is 0. The van der Waals surface area contributed by atoms with Gasteiger partial charge in [-0.1, -0.05) is 38.5 Å². The molecule has 0 spiro atoms. The molecule has 0 rings (SSSR count). The van der Waals surface area contributed by atoms with Gasteiger partial charge in [-0.25, -0.2) is 0 Å². The molecule has 0 aliphatic rings. The van der Waals surface area contributed by atoms with Gasteiger partial charge in [-0.3, -0.25) is 0 Å². The van der Waals surface area contributed by atoms with Crippen LogP contribution in [0.2, 0.25) is 0 Å². The van der Waals surface area contributed by atoms with Gasteiger partial charge in [0.2, 0.25) is 0 Å². The quantitative estimate of drug-likeness (QED) is 0.528. The van der Waals surface area contributed by atoms with Crippen molar-refractivity contribution >= 4 is 0 Å². The van der Waals surface area contributed by atoms with Crippen LogP contribution in [0.5, 0.6) is 0 Å². The van der Waals surface area contributed by atoms with E-state index >= 15 is 0 Å². The Morgan fingerprint density at radius 3 is 2.27 bits per heavy atom. The first-order chi connectivity index (χ1) is 5.31. The van der Waals surface area contributed by atoms with Crippen molar-refractivity contribution in [3.63, 3.8) is 0 Å². The summed E-state index contributed by atoms with van der Waals surface area (Å²) >= 11 is 0. The van der Waals surface area contributed by atoms with Crippen LogP contribution in [0.3, 0.4) is 0 Å². The predicted molar refractivity (Wildman–Crippen MR) is 54.8 cm³/mol. The summed E-state index contributed by atoms with van der Waals surface area (Å²) in [5.41, 5.74) is 1.48. The molecule has 66 valence electrons. The summed E-state index contributed by atoms with van der Waals surface area (Å²) in [6.07, 6.45) is 7.68. The lowest BCUT2D eigenvalue weighted by Gasteiger charge is -1.94. The Hall–Kier alpha value is -0.520. The lowest BCUT2D eigenvalue weighted by Crippen LogP contribution is -1.73. The highest BCUT2D eigenvalue weighted by Crippen LogP contribution is 2.04. The number of hydrogen-bond donors (Lipinski definition) is 0. The van der Waals surface area contributed by atoms with E-state index in [-0.39, 0.29) is 0 Å². The van der Waals surface area contributed by atoms with Crippen molar-refractivity contribution in [3.8, 4) is 0 Å². The minimum Gasteiger partial charge on any atom is -0.103 e.